The Balaban J connectivity index is 1.92. The first-order valence-electron chi connectivity index (χ1n) is 7.28. The molecule has 0 saturated heterocycles. The van der Waals surface area contributed by atoms with E-state index in [1.807, 2.05) is 6.08 Å². The molecule has 1 heterocycles. The molecule has 1 N–H and O–H groups in total. The number of nitrogens with one attached hydrogen (secondary N) is 1. The summed E-state index contributed by atoms with van der Waals surface area (Å²) in [5.41, 5.74) is -0.154. The maximum absolute atomic E-state index is 12.2. The summed E-state index contributed by atoms with van der Waals surface area (Å²) in [5, 5.41) is 4.38. The molecule has 1 amide bonds. The van der Waals surface area contributed by atoms with Crippen molar-refractivity contribution in [2.24, 2.45) is 5.92 Å². The van der Waals surface area contributed by atoms with E-state index in [2.05, 4.69) is 11.9 Å². The summed E-state index contributed by atoms with van der Waals surface area (Å²) in [6, 6.07) is 0. The third kappa shape index (κ3) is 3.95. The Labute approximate surface area is 121 Å². The van der Waals surface area contributed by atoms with Gasteiger partial charge in [-0.25, -0.2) is 8.42 Å². The van der Waals surface area contributed by atoms with Gasteiger partial charge in [0.2, 0.25) is 5.91 Å². The van der Waals surface area contributed by atoms with Gasteiger partial charge in [0.15, 0.2) is 9.84 Å². The zero-order valence-corrected chi connectivity index (χ0v) is 12.6. The molecule has 1 saturated carbocycles. The van der Waals surface area contributed by atoms with Crippen LogP contribution in [-0.4, -0.2) is 25.6 Å². The lowest BCUT2D eigenvalue weighted by molar-refractivity contribution is -0.123. The molecule has 1 unspecified atom stereocenters. The Morgan fingerprint density at radius 3 is 2.60 bits per heavy atom. The summed E-state index contributed by atoms with van der Waals surface area (Å²) in [4.78, 5) is 12.2. The molecule has 20 heavy (non-hydrogen) atoms. The van der Waals surface area contributed by atoms with E-state index in [0.29, 0.717) is 0 Å². The van der Waals surface area contributed by atoms with E-state index in [0.717, 1.165) is 32.1 Å². The van der Waals surface area contributed by atoms with Crippen LogP contribution in [0.15, 0.2) is 24.1 Å². The highest BCUT2D eigenvalue weighted by Crippen LogP contribution is 2.31. The molecule has 0 spiro atoms. The second-order valence-electron chi connectivity index (χ2n) is 6.00. The number of hydrogen-bond acceptors (Lipinski definition) is 3. The first-order chi connectivity index (χ1) is 9.45. The SMILES string of the molecule is C=CCC1(NC(=O)CC2C=CS(=O)(=O)C2)CCCCC1. The van der Waals surface area contributed by atoms with Gasteiger partial charge in [0.1, 0.15) is 0 Å². The van der Waals surface area contributed by atoms with Crippen molar-refractivity contribution in [1.82, 2.24) is 5.32 Å². The molecule has 0 aromatic rings. The van der Waals surface area contributed by atoms with Crippen molar-refractivity contribution in [3.8, 4) is 0 Å². The second-order valence-corrected chi connectivity index (χ2v) is 7.94. The number of sulfone groups is 1. The van der Waals surface area contributed by atoms with E-state index in [1.165, 1.54) is 11.8 Å². The van der Waals surface area contributed by atoms with Crippen molar-refractivity contribution in [3.05, 3.63) is 24.1 Å². The van der Waals surface area contributed by atoms with Gasteiger partial charge >= 0.3 is 0 Å². The predicted octanol–water partition coefficient (Wildman–Crippen LogP) is 2.33. The highest BCUT2D eigenvalue weighted by atomic mass is 32.2. The molecule has 0 aromatic heterocycles. The summed E-state index contributed by atoms with van der Waals surface area (Å²) >= 11 is 0. The van der Waals surface area contributed by atoms with E-state index in [4.69, 9.17) is 0 Å². The largest absolute Gasteiger partial charge is 0.350 e. The molecular weight excluding hydrogens is 274 g/mol. The van der Waals surface area contributed by atoms with Gasteiger partial charge in [-0.05, 0) is 19.3 Å². The topological polar surface area (TPSA) is 63.2 Å². The molecule has 0 radical (unpaired) electrons. The molecule has 2 rings (SSSR count). The van der Waals surface area contributed by atoms with Crippen LogP contribution in [0.5, 0.6) is 0 Å². The van der Waals surface area contributed by atoms with E-state index >= 15 is 0 Å². The van der Waals surface area contributed by atoms with E-state index < -0.39 is 9.84 Å². The maximum Gasteiger partial charge on any atom is 0.221 e. The summed E-state index contributed by atoms with van der Waals surface area (Å²) in [6.45, 7) is 3.79. The minimum atomic E-state index is -3.08. The molecule has 1 atom stereocenters. The molecule has 1 aliphatic carbocycles. The lowest BCUT2D eigenvalue weighted by Gasteiger charge is -2.37. The van der Waals surface area contributed by atoms with E-state index in [1.54, 1.807) is 6.08 Å². The van der Waals surface area contributed by atoms with Gasteiger partial charge in [-0.2, -0.15) is 0 Å². The number of allylic oxidation sites excluding steroid dienone is 1. The number of carbonyl (C=O) groups excluding carboxylic acids is 1. The van der Waals surface area contributed by atoms with Crippen LogP contribution >= 0.6 is 0 Å². The maximum atomic E-state index is 12.2. The van der Waals surface area contributed by atoms with Gasteiger partial charge in [-0.15, -0.1) is 6.58 Å². The second kappa shape index (κ2) is 6.12. The first kappa shape index (κ1) is 15.3. The molecule has 0 aromatic carbocycles. The van der Waals surface area contributed by atoms with Gasteiger partial charge in [0.05, 0.1) is 5.75 Å². The molecule has 5 heteroatoms. The highest BCUT2D eigenvalue weighted by Gasteiger charge is 2.33. The summed E-state index contributed by atoms with van der Waals surface area (Å²) in [7, 11) is -3.08. The zero-order valence-electron chi connectivity index (χ0n) is 11.8. The van der Waals surface area contributed by atoms with Crippen molar-refractivity contribution < 1.29 is 13.2 Å². The van der Waals surface area contributed by atoms with Gasteiger partial charge in [0.25, 0.3) is 0 Å². The molecular formula is C15H23NO3S. The number of amides is 1. The fraction of sp³-hybridized carbons (Fsp3) is 0.667. The number of hydrogen-bond donors (Lipinski definition) is 1. The lowest BCUT2D eigenvalue weighted by Crippen LogP contribution is -2.49. The predicted molar refractivity (Wildman–Crippen MR) is 79.8 cm³/mol. The summed E-state index contributed by atoms with van der Waals surface area (Å²) in [6.07, 6.45) is 10.0. The van der Waals surface area contributed by atoms with Crippen LogP contribution in [-0.2, 0) is 14.6 Å². The molecule has 2 aliphatic rings. The zero-order chi connectivity index (χ0) is 14.6. The van der Waals surface area contributed by atoms with E-state index in [-0.39, 0.29) is 29.5 Å². The Bertz CT molecular complexity index is 501. The van der Waals surface area contributed by atoms with Crippen LogP contribution in [0.4, 0.5) is 0 Å². The minimum absolute atomic E-state index is 0.0412. The fourth-order valence-corrected chi connectivity index (χ4v) is 4.64. The third-order valence-electron chi connectivity index (χ3n) is 4.20. The monoisotopic (exact) mass is 297 g/mol. The lowest BCUT2D eigenvalue weighted by atomic mass is 9.79. The van der Waals surface area contributed by atoms with Crippen molar-refractivity contribution in [1.29, 1.82) is 0 Å². The Morgan fingerprint density at radius 1 is 1.35 bits per heavy atom. The van der Waals surface area contributed by atoms with Crippen LogP contribution in [0.25, 0.3) is 0 Å². The molecule has 112 valence electrons. The highest BCUT2D eigenvalue weighted by molar-refractivity contribution is 7.94. The van der Waals surface area contributed by atoms with Crippen molar-refractivity contribution in [3.63, 3.8) is 0 Å². The van der Waals surface area contributed by atoms with Gasteiger partial charge in [-0.1, -0.05) is 31.4 Å². The average Bonchev–Trinajstić information content (AvgIpc) is 2.69. The molecule has 1 fully saturated rings. The Morgan fingerprint density at radius 2 is 2.05 bits per heavy atom. The van der Waals surface area contributed by atoms with Crippen LogP contribution in [0.2, 0.25) is 0 Å². The number of carbonyl (C=O) groups is 1. The van der Waals surface area contributed by atoms with E-state index in [9.17, 15) is 13.2 Å². The molecule has 0 bridgehead atoms. The van der Waals surface area contributed by atoms with Crippen LogP contribution in [0.1, 0.15) is 44.9 Å². The van der Waals surface area contributed by atoms with Crippen LogP contribution in [0, 0.1) is 5.92 Å². The smallest absolute Gasteiger partial charge is 0.221 e. The third-order valence-corrected chi connectivity index (χ3v) is 5.67. The van der Waals surface area contributed by atoms with Crippen LogP contribution < -0.4 is 5.32 Å². The van der Waals surface area contributed by atoms with Gasteiger partial charge in [0, 0.05) is 23.3 Å². The first-order valence-corrected chi connectivity index (χ1v) is 8.99. The Hall–Kier alpha value is -1.10. The number of rotatable bonds is 5. The van der Waals surface area contributed by atoms with Gasteiger partial charge < -0.3 is 5.32 Å². The van der Waals surface area contributed by atoms with Crippen molar-refractivity contribution >= 4 is 15.7 Å². The van der Waals surface area contributed by atoms with Gasteiger partial charge in [-0.3, -0.25) is 4.79 Å². The van der Waals surface area contributed by atoms with Crippen LogP contribution in [0.3, 0.4) is 0 Å². The van der Waals surface area contributed by atoms with Crippen molar-refractivity contribution in [2.45, 2.75) is 50.5 Å². The summed E-state index contributed by atoms with van der Waals surface area (Å²) in [5.74, 6) is -0.153. The average molecular weight is 297 g/mol. The fourth-order valence-electron chi connectivity index (χ4n) is 3.24. The normalized spacial score (nSPS) is 27.1. The quantitative estimate of drug-likeness (QED) is 0.792. The summed E-state index contributed by atoms with van der Waals surface area (Å²) < 4.78 is 22.7. The minimum Gasteiger partial charge on any atom is -0.350 e. The standard InChI is InChI=1S/C15H23NO3S/c1-2-7-15(8-4-3-5-9-15)16-14(17)11-13-6-10-20(18,19)12-13/h2,6,10,13H,1,3-5,7-9,11-12H2,(H,16,17). The molecule has 1 aliphatic heterocycles. The van der Waals surface area contributed by atoms with Crippen molar-refractivity contribution in [2.75, 3.05) is 5.75 Å². The Kier molecular flexibility index (Phi) is 4.68. The molecule has 4 nitrogen and oxygen atoms in total.